The molecule has 0 aromatic rings. The number of carboxylic acids is 1. The number of thioether (sulfide) groups is 1. The van der Waals surface area contributed by atoms with Gasteiger partial charge in [0.2, 0.25) is 10.0 Å². The third kappa shape index (κ3) is 5.39. The number of sulfonamides is 1. The van der Waals surface area contributed by atoms with Crippen LogP contribution in [0.4, 0.5) is 0 Å². The van der Waals surface area contributed by atoms with Gasteiger partial charge in [0.15, 0.2) is 5.25 Å². The molecule has 0 bridgehead atoms. The van der Waals surface area contributed by atoms with Gasteiger partial charge in [-0.15, -0.1) is 0 Å². The van der Waals surface area contributed by atoms with Crippen LogP contribution in [0.25, 0.3) is 0 Å². The highest BCUT2D eigenvalue weighted by Crippen LogP contribution is 2.07. The maximum atomic E-state index is 11.7. The average molecular weight is 280 g/mol. The molecule has 0 aromatic carbocycles. The van der Waals surface area contributed by atoms with Crippen molar-refractivity contribution in [1.29, 1.82) is 5.26 Å². The summed E-state index contributed by atoms with van der Waals surface area (Å²) in [5, 5.41) is 16.3. The van der Waals surface area contributed by atoms with Gasteiger partial charge in [-0.05, 0) is 24.9 Å². The second kappa shape index (κ2) is 7.53. The monoisotopic (exact) mass is 280 g/mol. The molecule has 0 aromatic heterocycles. The number of hydrogen-bond donors (Lipinski definition) is 2. The molecule has 8 heteroatoms. The lowest BCUT2D eigenvalue weighted by Crippen LogP contribution is -2.44. The zero-order chi connectivity index (χ0) is 13.5. The summed E-state index contributed by atoms with van der Waals surface area (Å²) >= 11 is 1.43. The summed E-state index contributed by atoms with van der Waals surface area (Å²) in [7, 11) is -3.90. The Morgan fingerprint density at radius 3 is 2.53 bits per heavy atom. The van der Waals surface area contributed by atoms with Gasteiger partial charge in [-0.1, -0.05) is 6.92 Å². The Labute approximate surface area is 105 Å². The van der Waals surface area contributed by atoms with Gasteiger partial charge in [0.1, 0.15) is 6.04 Å². The van der Waals surface area contributed by atoms with Gasteiger partial charge in [0.05, 0.1) is 6.07 Å². The molecule has 2 atom stereocenters. The van der Waals surface area contributed by atoms with E-state index in [1.807, 2.05) is 0 Å². The number of carbonyl (C=O) groups is 1. The van der Waals surface area contributed by atoms with E-state index in [-0.39, 0.29) is 12.8 Å². The third-order valence-electron chi connectivity index (χ3n) is 2.10. The number of hydrogen-bond acceptors (Lipinski definition) is 5. The molecule has 0 fully saturated rings. The van der Waals surface area contributed by atoms with Crippen LogP contribution in [0.5, 0.6) is 0 Å². The van der Waals surface area contributed by atoms with Crippen LogP contribution < -0.4 is 4.72 Å². The number of nitriles is 1. The minimum absolute atomic E-state index is 0.126. The van der Waals surface area contributed by atoms with E-state index in [2.05, 4.69) is 4.72 Å². The first-order valence-electron chi connectivity index (χ1n) is 5.01. The highest BCUT2D eigenvalue weighted by molar-refractivity contribution is 7.98. The zero-order valence-corrected chi connectivity index (χ0v) is 11.3. The molecule has 0 saturated carbocycles. The van der Waals surface area contributed by atoms with Gasteiger partial charge in [0, 0.05) is 0 Å². The quantitative estimate of drug-likeness (QED) is 0.667. The van der Waals surface area contributed by atoms with Crippen molar-refractivity contribution >= 4 is 27.8 Å². The van der Waals surface area contributed by atoms with Gasteiger partial charge in [-0.3, -0.25) is 4.79 Å². The molecule has 2 N–H and O–H groups in total. The van der Waals surface area contributed by atoms with Crippen molar-refractivity contribution in [1.82, 2.24) is 4.72 Å². The second-order valence-electron chi connectivity index (χ2n) is 3.36. The summed E-state index contributed by atoms with van der Waals surface area (Å²) in [5.41, 5.74) is 0. The van der Waals surface area contributed by atoms with Gasteiger partial charge < -0.3 is 5.11 Å². The van der Waals surface area contributed by atoms with Crippen molar-refractivity contribution in [3.8, 4) is 6.07 Å². The lowest BCUT2D eigenvalue weighted by atomic mass is 10.2. The Hall–Kier alpha value is -0.780. The summed E-state index contributed by atoms with van der Waals surface area (Å²) in [6, 6.07) is 0.472. The number of rotatable bonds is 8. The lowest BCUT2D eigenvalue weighted by Gasteiger charge is -2.16. The molecule has 0 radical (unpaired) electrons. The summed E-state index contributed by atoms with van der Waals surface area (Å²) in [5.74, 6) is -0.696. The first-order chi connectivity index (χ1) is 7.88. The molecule has 0 saturated heterocycles. The molecule has 0 aliphatic carbocycles. The zero-order valence-electron chi connectivity index (χ0n) is 9.71. The first kappa shape index (κ1) is 16.2. The third-order valence-corrected chi connectivity index (χ3v) is 4.55. The van der Waals surface area contributed by atoms with Crippen molar-refractivity contribution in [2.24, 2.45) is 0 Å². The van der Waals surface area contributed by atoms with Crippen molar-refractivity contribution in [3.63, 3.8) is 0 Å². The minimum atomic E-state index is -3.90. The van der Waals surface area contributed by atoms with Crippen molar-refractivity contribution in [3.05, 3.63) is 0 Å². The van der Waals surface area contributed by atoms with Crippen molar-refractivity contribution in [2.75, 3.05) is 12.0 Å². The van der Waals surface area contributed by atoms with Crippen LogP contribution in [0.1, 0.15) is 19.8 Å². The van der Waals surface area contributed by atoms with Crippen LogP contribution >= 0.6 is 11.8 Å². The van der Waals surface area contributed by atoms with E-state index in [0.29, 0.717) is 5.75 Å². The standard InChI is InChI=1S/C9H16N2O4S2/c1-3-7(6-10)17(14,15)11-8(9(12)13)4-5-16-2/h7-8,11H,3-5H2,1-2H3,(H,12,13). The predicted octanol–water partition coefficient (Wildman–Crippen LogP) is 0.414. The molecule has 0 aliphatic heterocycles. The van der Waals surface area contributed by atoms with E-state index in [1.165, 1.54) is 11.8 Å². The summed E-state index contributed by atoms with van der Waals surface area (Å²) in [6.07, 6.45) is 2.12. The van der Waals surface area contributed by atoms with E-state index in [9.17, 15) is 13.2 Å². The van der Waals surface area contributed by atoms with E-state index in [0.717, 1.165) is 0 Å². The van der Waals surface area contributed by atoms with Crippen molar-refractivity contribution < 1.29 is 18.3 Å². The highest BCUT2D eigenvalue weighted by atomic mass is 32.2. The van der Waals surface area contributed by atoms with Crippen molar-refractivity contribution in [2.45, 2.75) is 31.1 Å². The fourth-order valence-corrected chi connectivity index (χ4v) is 2.96. The van der Waals surface area contributed by atoms with Crippen LogP contribution in [0.2, 0.25) is 0 Å². The Kier molecular flexibility index (Phi) is 7.18. The molecule has 2 unspecified atom stereocenters. The van der Waals surface area contributed by atoms with E-state index >= 15 is 0 Å². The minimum Gasteiger partial charge on any atom is -0.480 e. The number of aliphatic carboxylic acids is 1. The normalized spacial score (nSPS) is 14.9. The predicted molar refractivity (Wildman–Crippen MR) is 66.2 cm³/mol. The molecular formula is C9H16N2O4S2. The number of nitrogens with one attached hydrogen (secondary N) is 1. The molecule has 0 amide bonds. The van der Waals surface area contributed by atoms with E-state index in [4.69, 9.17) is 10.4 Å². The highest BCUT2D eigenvalue weighted by Gasteiger charge is 2.29. The first-order valence-corrected chi connectivity index (χ1v) is 7.95. The Morgan fingerprint density at radius 1 is 1.59 bits per heavy atom. The Morgan fingerprint density at radius 2 is 2.18 bits per heavy atom. The molecule has 98 valence electrons. The molecule has 0 heterocycles. The van der Waals surface area contributed by atoms with Crippen LogP contribution in [-0.2, 0) is 14.8 Å². The lowest BCUT2D eigenvalue weighted by molar-refractivity contribution is -0.139. The van der Waals surface area contributed by atoms with Gasteiger partial charge in [0.25, 0.3) is 0 Å². The molecular weight excluding hydrogens is 264 g/mol. The smallest absolute Gasteiger partial charge is 0.321 e. The summed E-state index contributed by atoms with van der Waals surface area (Å²) in [4.78, 5) is 10.9. The van der Waals surface area contributed by atoms with Gasteiger partial charge >= 0.3 is 5.97 Å². The molecule has 17 heavy (non-hydrogen) atoms. The van der Waals surface area contributed by atoms with Gasteiger partial charge in [-0.25, -0.2) is 8.42 Å². The van der Waals surface area contributed by atoms with Crippen LogP contribution in [0, 0.1) is 11.3 Å². The summed E-state index contributed by atoms with van der Waals surface area (Å²) in [6.45, 7) is 1.56. The average Bonchev–Trinajstić information content (AvgIpc) is 2.25. The van der Waals surface area contributed by atoms with Crippen LogP contribution in [-0.4, -0.2) is 42.8 Å². The van der Waals surface area contributed by atoms with E-state index < -0.39 is 27.3 Å². The van der Waals surface area contributed by atoms with E-state index in [1.54, 1.807) is 19.2 Å². The largest absolute Gasteiger partial charge is 0.480 e. The van der Waals surface area contributed by atoms with Crippen LogP contribution in [0.15, 0.2) is 0 Å². The van der Waals surface area contributed by atoms with Crippen LogP contribution in [0.3, 0.4) is 0 Å². The Balaban J connectivity index is 4.76. The Bertz CT molecular complexity index is 388. The number of nitrogens with zero attached hydrogens (tertiary/aromatic N) is 1. The topological polar surface area (TPSA) is 107 Å². The maximum Gasteiger partial charge on any atom is 0.321 e. The summed E-state index contributed by atoms with van der Waals surface area (Å²) < 4.78 is 25.4. The molecule has 6 nitrogen and oxygen atoms in total. The molecule has 0 aliphatic rings. The fraction of sp³-hybridized carbons (Fsp3) is 0.778. The molecule has 0 rings (SSSR count). The SMILES string of the molecule is CCC(C#N)S(=O)(=O)NC(CCSC)C(=O)O. The second-order valence-corrected chi connectivity index (χ2v) is 6.24. The molecule has 0 spiro atoms. The maximum absolute atomic E-state index is 11.7. The fourth-order valence-electron chi connectivity index (χ4n) is 1.13. The van der Waals surface area contributed by atoms with Gasteiger partial charge in [-0.2, -0.15) is 21.7 Å². The number of carboxylic acid groups (broad SMARTS) is 1.